The number of nitrogens with one attached hydrogen (secondary N) is 1. The minimum atomic E-state index is -2.54. The van der Waals surface area contributed by atoms with Gasteiger partial charge in [0.1, 0.15) is 0 Å². The van der Waals surface area contributed by atoms with Gasteiger partial charge in [-0.05, 0) is 0 Å². The molecule has 1 N–H and O–H groups in total. The number of anilines is 1. The van der Waals surface area contributed by atoms with Gasteiger partial charge in [0, 0.05) is 7.11 Å². The summed E-state index contributed by atoms with van der Waals surface area (Å²) in [5.74, 6) is -4.24. The van der Waals surface area contributed by atoms with Crippen molar-refractivity contribution in [2.24, 2.45) is 11.8 Å². The van der Waals surface area contributed by atoms with Crippen molar-refractivity contribution >= 4 is 43.6 Å². The summed E-state index contributed by atoms with van der Waals surface area (Å²) < 4.78 is 39.8. The molecule has 1 aromatic heterocycles. The average molecular weight is 799 g/mol. The molecular formula is C38H51N6O11P. The first-order chi connectivity index (χ1) is 26.8. The molecule has 2 fully saturated rings. The second-order valence-electron chi connectivity index (χ2n) is 13.9. The van der Waals surface area contributed by atoms with Gasteiger partial charge in [-0.25, -0.2) is 0 Å². The zero-order chi connectivity index (χ0) is 40.8. The number of rotatable bonds is 16. The van der Waals surface area contributed by atoms with E-state index in [0.29, 0.717) is 30.9 Å². The summed E-state index contributed by atoms with van der Waals surface area (Å²) in [4.78, 5) is 81.7. The summed E-state index contributed by atoms with van der Waals surface area (Å²) in [7, 11) is 0.972. The van der Waals surface area contributed by atoms with Crippen LogP contribution in [0.5, 0.6) is 0 Å². The van der Waals surface area contributed by atoms with Crippen LogP contribution in [0.4, 0.5) is 10.6 Å². The Balaban J connectivity index is 1.78. The first kappa shape index (κ1) is 43.9. The molecule has 304 valence electrons. The number of methoxy groups -OCH3 is 1. The number of ether oxygens (including phenoxy) is 5. The van der Waals surface area contributed by atoms with E-state index in [1.54, 1.807) is 59.1 Å². The monoisotopic (exact) mass is 798 g/mol. The molecule has 2 aromatic rings. The zero-order valence-corrected chi connectivity index (χ0v) is 33.6. The number of carbonyl (C=O) groups is 5. The van der Waals surface area contributed by atoms with Gasteiger partial charge < -0.3 is 0 Å². The summed E-state index contributed by atoms with van der Waals surface area (Å²) >= 11 is 0. The molecule has 56 heavy (non-hydrogen) atoms. The van der Waals surface area contributed by atoms with Crippen LogP contribution in [-0.4, -0.2) is 121 Å². The van der Waals surface area contributed by atoms with Crippen LogP contribution in [0, 0.1) is 17.5 Å². The van der Waals surface area contributed by atoms with E-state index in [-0.39, 0.29) is 50.4 Å². The maximum atomic E-state index is 14.8. The number of nitrogens with zero attached hydrogens (tertiary/aromatic N) is 5. The molecule has 0 radical (unpaired) electrons. The van der Waals surface area contributed by atoms with E-state index in [1.165, 1.54) is 15.9 Å². The predicted molar refractivity (Wildman–Crippen MR) is 203 cm³/mol. The molecule has 3 amide bonds. The molecule has 0 saturated carbocycles. The van der Waals surface area contributed by atoms with Gasteiger partial charge in [0.15, 0.2) is 0 Å². The summed E-state index contributed by atoms with van der Waals surface area (Å²) in [6.45, 7) is 7.46. The molecule has 4 rings (SSSR count). The van der Waals surface area contributed by atoms with Crippen LogP contribution in [0.2, 0.25) is 0 Å². The Hall–Kier alpha value is -4.82. The zero-order valence-electron chi connectivity index (χ0n) is 32.7. The Morgan fingerprint density at radius 2 is 1.59 bits per heavy atom. The van der Waals surface area contributed by atoms with Crippen LogP contribution in [0.15, 0.2) is 36.4 Å². The van der Waals surface area contributed by atoms with Crippen molar-refractivity contribution in [3.63, 3.8) is 0 Å². The van der Waals surface area contributed by atoms with Crippen LogP contribution in [0.3, 0.4) is 0 Å². The van der Waals surface area contributed by atoms with Gasteiger partial charge in [-0.1, -0.05) is 13.3 Å². The number of esters is 2. The van der Waals surface area contributed by atoms with E-state index in [2.05, 4.69) is 15.9 Å². The van der Waals surface area contributed by atoms with Crippen molar-refractivity contribution in [3.8, 4) is 17.0 Å². The molecule has 2 aliphatic heterocycles. The Labute approximate surface area is 327 Å². The normalized spacial score (nSPS) is 16.7. The van der Waals surface area contributed by atoms with Gasteiger partial charge >= 0.3 is 308 Å². The molecule has 3 heterocycles. The van der Waals surface area contributed by atoms with Gasteiger partial charge in [0.2, 0.25) is 0 Å². The Morgan fingerprint density at radius 1 is 0.946 bits per heavy atom. The minimum absolute atomic E-state index is 0.0224. The molecule has 18 heteroatoms. The molecule has 0 aliphatic carbocycles. The quantitative estimate of drug-likeness (QED) is 0.110. The van der Waals surface area contributed by atoms with Crippen molar-refractivity contribution in [2.45, 2.75) is 78.6 Å². The number of benzene rings is 1. The van der Waals surface area contributed by atoms with E-state index in [1.807, 2.05) is 17.9 Å². The molecule has 2 aliphatic rings. The third-order valence-corrected chi connectivity index (χ3v) is 9.33. The fraction of sp³-hybridized carbons (Fsp3) is 0.579. The van der Waals surface area contributed by atoms with Crippen molar-refractivity contribution < 1.29 is 52.2 Å². The predicted octanol–water partition coefficient (Wildman–Crippen LogP) is 4.22. The molecule has 0 spiro atoms. The number of hydrogen-bond donors (Lipinski definition) is 1. The molecule has 0 bridgehead atoms. The Kier molecular flexibility index (Phi) is 16.4. The van der Waals surface area contributed by atoms with Gasteiger partial charge in [-0.3, -0.25) is 0 Å². The number of piperazine rings is 1. The number of carbonyl (C=O) groups excluding carboxylic acids is 5. The van der Waals surface area contributed by atoms with Gasteiger partial charge in [-0.2, -0.15) is 0 Å². The van der Waals surface area contributed by atoms with Crippen LogP contribution in [-0.2, 0) is 42.6 Å². The summed E-state index contributed by atoms with van der Waals surface area (Å²) in [6.07, 6.45) is 1.02. The van der Waals surface area contributed by atoms with Crippen molar-refractivity contribution in [1.29, 1.82) is 0 Å². The van der Waals surface area contributed by atoms with Gasteiger partial charge in [0.25, 0.3) is 0 Å². The molecule has 2 atom stereocenters. The number of unbranched alkanes of at least 4 members (excludes halogenated alkanes) is 1. The molecule has 17 nitrogen and oxygen atoms in total. The number of aromatic nitrogens is 2. The second-order valence-corrected chi connectivity index (χ2v) is 14.4. The third-order valence-electron chi connectivity index (χ3n) is 9.05. The molecule has 2 saturated heterocycles. The molecule has 0 unspecified atom stereocenters. The van der Waals surface area contributed by atoms with E-state index < -0.39 is 68.2 Å². The topological polar surface area (TPSA) is 196 Å². The number of hydrogen-bond acceptors (Lipinski definition) is 14. The summed E-state index contributed by atoms with van der Waals surface area (Å²) in [5, 5.41) is 2.62. The molecular weight excluding hydrogens is 747 g/mol. The Morgan fingerprint density at radius 3 is 2.16 bits per heavy atom. The van der Waals surface area contributed by atoms with Crippen molar-refractivity contribution in [1.82, 2.24) is 25.1 Å². The Bertz CT molecular complexity index is 1780. The van der Waals surface area contributed by atoms with Crippen LogP contribution in [0.25, 0.3) is 11.4 Å². The van der Waals surface area contributed by atoms with E-state index in [9.17, 15) is 28.5 Å². The van der Waals surface area contributed by atoms with E-state index in [0.717, 1.165) is 12.8 Å². The van der Waals surface area contributed by atoms with E-state index in [4.69, 9.17) is 28.7 Å². The fourth-order valence-corrected chi connectivity index (χ4v) is 5.97. The molecule has 1 aromatic carbocycles. The van der Waals surface area contributed by atoms with Crippen molar-refractivity contribution in [3.05, 3.63) is 42.1 Å². The number of amides is 3. The van der Waals surface area contributed by atoms with Gasteiger partial charge in [-0.15, -0.1) is 0 Å². The average Bonchev–Trinajstić information content (AvgIpc) is 3.69. The maximum absolute atomic E-state index is 14.8. The van der Waals surface area contributed by atoms with E-state index >= 15 is 0 Å². The third kappa shape index (κ3) is 11.8. The SMILES string of the molecule is CCCCOC(=O)N1CCN(C(=O)[C@@](CC#P=O)(NC(=O)c2cc(N3CC[C@H](OC)C3)nc(-c3ccccc3)n2)OC(OC(=O)C(C)C)OC(=O)C(C)C)CC1. The first-order valence-corrected chi connectivity index (χ1v) is 19.5. The van der Waals surface area contributed by atoms with Crippen LogP contribution in [0.1, 0.15) is 70.8 Å². The fourth-order valence-electron chi connectivity index (χ4n) is 5.68. The van der Waals surface area contributed by atoms with Gasteiger partial charge in [0.05, 0.1) is 0 Å². The van der Waals surface area contributed by atoms with Crippen LogP contribution < -0.4 is 10.2 Å². The van der Waals surface area contributed by atoms with Crippen molar-refractivity contribution in [2.75, 3.05) is 57.9 Å². The first-order valence-electron chi connectivity index (χ1n) is 18.7. The summed E-state index contributed by atoms with van der Waals surface area (Å²) in [6, 6.07) is 10.5. The second kappa shape index (κ2) is 20.9. The standard InChI is InChI=1S/C38H51N6O11P/c1-7-8-21-52-36(49)43-19-17-42(18-20-43)35(48)38(15-22-56-50,55-37(53-33(46)25(2)3)54-34(47)26(4)5)41-32(45)29-23-30(44-16-14-28(24-44)51-6)40-31(39-29)27-12-10-9-11-13-27/h9-13,23,25-26,28,37H,7-8,14-21,24H2,1-6H3,(H,41,45)/t28-,38-/m0/s1. The summed E-state index contributed by atoms with van der Waals surface area (Å²) in [5.41, 5.74) is 0.408. The van der Waals surface area contributed by atoms with Crippen LogP contribution >= 0.6 is 7.92 Å².